The molecule has 0 unspecified atom stereocenters. The van der Waals surface area contributed by atoms with Crippen molar-refractivity contribution in [1.82, 2.24) is 5.43 Å². The van der Waals surface area contributed by atoms with Crippen LogP contribution in [-0.2, 0) is 4.79 Å². The Morgan fingerprint density at radius 2 is 2.15 bits per heavy atom. The highest BCUT2D eigenvalue weighted by molar-refractivity contribution is 5.61. The van der Waals surface area contributed by atoms with Crippen molar-refractivity contribution >= 4 is 17.8 Å². The third-order valence-electron chi connectivity index (χ3n) is 1.78. The topological polar surface area (TPSA) is 53.2 Å². The number of carbonyl (C=O) groups excluding carboxylic acids is 1. The molecular formula is C9H13N3O. The van der Waals surface area contributed by atoms with Crippen molar-refractivity contribution in [3.05, 3.63) is 23.8 Å². The zero-order chi connectivity index (χ0) is 9.68. The smallest absolute Gasteiger partial charge is 0.225 e. The molecule has 1 aromatic carbocycles. The summed E-state index contributed by atoms with van der Waals surface area (Å²) in [6.07, 6.45) is 0.603. The molecule has 4 heteroatoms. The van der Waals surface area contributed by atoms with Crippen molar-refractivity contribution in [2.45, 2.75) is 6.92 Å². The zero-order valence-corrected chi connectivity index (χ0v) is 7.72. The van der Waals surface area contributed by atoms with Crippen LogP contribution in [0.25, 0.3) is 0 Å². The second-order valence-corrected chi connectivity index (χ2v) is 2.67. The van der Waals surface area contributed by atoms with E-state index in [1.807, 2.05) is 32.2 Å². The monoisotopic (exact) mass is 179 g/mol. The van der Waals surface area contributed by atoms with Gasteiger partial charge < -0.3 is 5.32 Å². The van der Waals surface area contributed by atoms with E-state index in [1.54, 1.807) is 0 Å². The van der Waals surface area contributed by atoms with Crippen molar-refractivity contribution in [3.63, 3.8) is 0 Å². The average Bonchev–Trinajstić information content (AvgIpc) is 2.16. The van der Waals surface area contributed by atoms with Gasteiger partial charge in [0.1, 0.15) is 0 Å². The van der Waals surface area contributed by atoms with Gasteiger partial charge in [-0.3, -0.25) is 15.6 Å². The molecule has 1 amide bonds. The molecule has 0 saturated carbocycles. The number of anilines is 2. The van der Waals surface area contributed by atoms with Crippen LogP contribution in [0.3, 0.4) is 0 Å². The van der Waals surface area contributed by atoms with E-state index < -0.39 is 0 Å². The molecule has 1 rings (SSSR count). The van der Waals surface area contributed by atoms with E-state index in [0.717, 1.165) is 16.9 Å². The fraction of sp³-hybridized carbons (Fsp3) is 0.222. The van der Waals surface area contributed by atoms with Crippen LogP contribution in [0.4, 0.5) is 11.4 Å². The Labute approximate surface area is 77.3 Å². The van der Waals surface area contributed by atoms with Gasteiger partial charge in [-0.25, -0.2) is 0 Å². The molecule has 0 aliphatic rings. The van der Waals surface area contributed by atoms with Gasteiger partial charge in [0.05, 0.1) is 5.69 Å². The Morgan fingerprint density at radius 1 is 1.38 bits per heavy atom. The molecule has 0 fully saturated rings. The van der Waals surface area contributed by atoms with Crippen molar-refractivity contribution in [3.8, 4) is 0 Å². The number of hydrazine groups is 1. The van der Waals surface area contributed by atoms with E-state index in [4.69, 9.17) is 0 Å². The van der Waals surface area contributed by atoms with Crippen LogP contribution in [-0.4, -0.2) is 13.5 Å². The van der Waals surface area contributed by atoms with Crippen LogP contribution in [0.15, 0.2) is 18.2 Å². The van der Waals surface area contributed by atoms with Gasteiger partial charge >= 0.3 is 0 Å². The standard InChI is InChI=1S/C9H13N3O/c1-7-5-8(10-2)3-4-9(7)12-11-6-13/h3-6,10,12H,1-2H3,(H,11,13). The molecule has 1 aromatic rings. The first kappa shape index (κ1) is 9.38. The van der Waals surface area contributed by atoms with Crippen molar-refractivity contribution in [2.75, 3.05) is 17.8 Å². The molecule has 0 bridgehead atoms. The lowest BCUT2D eigenvalue weighted by Crippen LogP contribution is -2.19. The summed E-state index contributed by atoms with van der Waals surface area (Å²) in [4.78, 5) is 10.0. The first-order chi connectivity index (χ1) is 6.27. The Hall–Kier alpha value is -1.71. The van der Waals surface area contributed by atoms with E-state index in [2.05, 4.69) is 16.2 Å². The van der Waals surface area contributed by atoms with Crippen molar-refractivity contribution < 1.29 is 4.79 Å². The number of nitrogens with one attached hydrogen (secondary N) is 3. The van der Waals surface area contributed by atoms with E-state index in [0.29, 0.717) is 6.41 Å². The molecule has 4 nitrogen and oxygen atoms in total. The predicted octanol–water partition coefficient (Wildman–Crippen LogP) is 1.11. The molecule has 0 aliphatic carbocycles. The summed E-state index contributed by atoms with van der Waals surface area (Å²) >= 11 is 0. The second-order valence-electron chi connectivity index (χ2n) is 2.67. The first-order valence-corrected chi connectivity index (χ1v) is 4.01. The highest BCUT2D eigenvalue weighted by Crippen LogP contribution is 2.18. The van der Waals surface area contributed by atoms with Gasteiger partial charge in [0.2, 0.25) is 6.41 Å². The normalized spacial score (nSPS) is 9.08. The van der Waals surface area contributed by atoms with Gasteiger partial charge in [0, 0.05) is 12.7 Å². The first-order valence-electron chi connectivity index (χ1n) is 4.01. The van der Waals surface area contributed by atoms with E-state index in [9.17, 15) is 4.79 Å². The Morgan fingerprint density at radius 3 is 2.69 bits per heavy atom. The molecule has 70 valence electrons. The number of rotatable bonds is 4. The molecule has 0 aliphatic heterocycles. The summed E-state index contributed by atoms with van der Waals surface area (Å²) in [5.41, 5.74) is 8.18. The number of benzene rings is 1. The van der Waals surface area contributed by atoms with E-state index >= 15 is 0 Å². The Kier molecular flexibility index (Phi) is 3.14. The molecule has 0 aromatic heterocycles. The summed E-state index contributed by atoms with van der Waals surface area (Å²) in [7, 11) is 1.87. The molecule has 0 spiro atoms. The Balaban J connectivity index is 2.78. The minimum atomic E-state index is 0.603. The number of carbonyl (C=O) groups is 1. The van der Waals surface area contributed by atoms with E-state index in [1.165, 1.54) is 0 Å². The highest BCUT2D eigenvalue weighted by Gasteiger charge is 1.96. The minimum absolute atomic E-state index is 0.603. The number of hydrogen-bond acceptors (Lipinski definition) is 3. The zero-order valence-electron chi connectivity index (χ0n) is 7.72. The maximum absolute atomic E-state index is 10.0. The molecular weight excluding hydrogens is 166 g/mol. The third kappa shape index (κ3) is 2.37. The lowest BCUT2D eigenvalue weighted by atomic mass is 10.2. The van der Waals surface area contributed by atoms with Gasteiger partial charge in [0.15, 0.2) is 0 Å². The van der Waals surface area contributed by atoms with Gasteiger partial charge in [0.25, 0.3) is 0 Å². The van der Waals surface area contributed by atoms with Crippen LogP contribution in [0.1, 0.15) is 5.56 Å². The average molecular weight is 179 g/mol. The molecule has 0 radical (unpaired) electrons. The maximum Gasteiger partial charge on any atom is 0.225 e. The number of hydrogen-bond donors (Lipinski definition) is 3. The summed E-state index contributed by atoms with van der Waals surface area (Å²) in [5, 5.41) is 3.03. The van der Waals surface area contributed by atoms with Crippen LogP contribution in [0.2, 0.25) is 0 Å². The number of aryl methyl sites for hydroxylation is 1. The molecule has 0 saturated heterocycles. The van der Waals surface area contributed by atoms with Gasteiger partial charge in [-0.1, -0.05) is 0 Å². The quantitative estimate of drug-likeness (QED) is 0.479. The van der Waals surface area contributed by atoms with Gasteiger partial charge in [-0.05, 0) is 30.7 Å². The lowest BCUT2D eigenvalue weighted by molar-refractivity contribution is -0.109. The predicted molar refractivity (Wildman–Crippen MR) is 53.5 cm³/mol. The molecule has 0 heterocycles. The summed E-state index contributed by atoms with van der Waals surface area (Å²) in [6.45, 7) is 1.97. The largest absolute Gasteiger partial charge is 0.388 e. The highest BCUT2D eigenvalue weighted by atomic mass is 16.1. The molecule has 3 N–H and O–H groups in total. The summed E-state index contributed by atoms with van der Waals surface area (Å²) < 4.78 is 0. The maximum atomic E-state index is 10.0. The van der Waals surface area contributed by atoms with Crippen molar-refractivity contribution in [1.29, 1.82) is 0 Å². The van der Waals surface area contributed by atoms with Crippen molar-refractivity contribution in [2.24, 2.45) is 0 Å². The Bertz CT molecular complexity index is 299. The summed E-state index contributed by atoms with van der Waals surface area (Å²) in [6, 6.07) is 5.83. The third-order valence-corrected chi connectivity index (χ3v) is 1.78. The fourth-order valence-corrected chi connectivity index (χ4v) is 1.07. The fourth-order valence-electron chi connectivity index (χ4n) is 1.07. The molecule has 0 atom stereocenters. The van der Waals surface area contributed by atoms with Crippen LogP contribution in [0.5, 0.6) is 0 Å². The summed E-state index contributed by atoms with van der Waals surface area (Å²) in [5.74, 6) is 0. The second kappa shape index (κ2) is 4.35. The van der Waals surface area contributed by atoms with E-state index in [-0.39, 0.29) is 0 Å². The SMILES string of the molecule is CNc1ccc(NNC=O)c(C)c1. The van der Waals surface area contributed by atoms with Crippen LogP contribution >= 0.6 is 0 Å². The minimum Gasteiger partial charge on any atom is -0.388 e. The number of amides is 1. The lowest BCUT2D eigenvalue weighted by Gasteiger charge is -2.09. The van der Waals surface area contributed by atoms with Gasteiger partial charge in [-0.15, -0.1) is 0 Å². The van der Waals surface area contributed by atoms with Crippen LogP contribution < -0.4 is 16.2 Å². The molecule has 13 heavy (non-hydrogen) atoms. The van der Waals surface area contributed by atoms with Crippen LogP contribution in [0, 0.1) is 6.92 Å². The van der Waals surface area contributed by atoms with Gasteiger partial charge in [-0.2, -0.15) is 0 Å².